The molecule has 0 aliphatic heterocycles. The maximum Gasteiger partial charge on any atom is 0.0348 e. The highest BCUT2D eigenvalue weighted by molar-refractivity contribution is 7.99. The maximum atomic E-state index is 8.03. The molecule has 0 aliphatic rings. The van der Waals surface area contributed by atoms with Crippen LogP contribution in [-0.4, -0.2) is 42.6 Å². The van der Waals surface area contributed by atoms with Crippen molar-refractivity contribution in [2.75, 3.05) is 37.7 Å². The van der Waals surface area contributed by atoms with E-state index in [2.05, 4.69) is 28.8 Å². The molecule has 0 bridgehead atoms. The molecule has 4 nitrogen and oxygen atoms in total. The summed E-state index contributed by atoms with van der Waals surface area (Å²) in [4.78, 5) is 5.09. The van der Waals surface area contributed by atoms with Crippen LogP contribution in [0.2, 0.25) is 0 Å². The maximum absolute atomic E-state index is 8.03. The zero-order valence-electron chi connectivity index (χ0n) is 8.44. The Morgan fingerprint density at radius 2 is 2.00 bits per heavy atom. The van der Waals surface area contributed by atoms with E-state index in [0.717, 1.165) is 31.1 Å². The molecular weight excluding hydrogens is 184 g/mol. The molecule has 0 saturated carbocycles. The highest BCUT2D eigenvalue weighted by atomic mass is 32.2. The van der Waals surface area contributed by atoms with Gasteiger partial charge < -0.3 is 4.90 Å². The number of azide groups is 1. The monoisotopic (exact) mass is 202 g/mol. The van der Waals surface area contributed by atoms with Crippen LogP contribution in [0.3, 0.4) is 0 Å². The molecule has 0 amide bonds. The average Bonchev–Trinajstić information content (AvgIpc) is 2.17. The molecule has 0 saturated heterocycles. The van der Waals surface area contributed by atoms with Gasteiger partial charge in [-0.15, -0.1) is 0 Å². The summed E-state index contributed by atoms with van der Waals surface area (Å²) in [6, 6.07) is 0. The van der Waals surface area contributed by atoms with Gasteiger partial charge in [-0.1, -0.05) is 19.0 Å². The minimum absolute atomic E-state index is 0.611. The van der Waals surface area contributed by atoms with Crippen LogP contribution in [0.1, 0.15) is 13.8 Å². The van der Waals surface area contributed by atoms with Crippen LogP contribution in [0.15, 0.2) is 5.11 Å². The molecule has 0 rings (SSSR count). The molecule has 76 valence electrons. The van der Waals surface area contributed by atoms with Gasteiger partial charge in [0.1, 0.15) is 0 Å². The second-order valence-corrected chi connectivity index (χ2v) is 3.82. The van der Waals surface area contributed by atoms with Crippen LogP contribution in [-0.2, 0) is 0 Å². The highest BCUT2D eigenvalue weighted by Crippen LogP contribution is 2.00. The third-order valence-corrected chi connectivity index (χ3v) is 2.79. The first-order chi connectivity index (χ1) is 6.35. The first-order valence-corrected chi connectivity index (χ1v) is 5.81. The third-order valence-electron chi connectivity index (χ3n) is 1.85. The molecule has 0 aromatic carbocycles. The van der Waals surface area contributed by atoms with E-state index in [0.29, 0.717) is 6.54 Å². The van der Waals surface area contributed by atoms with Crippen LogP contribution in [0.4, 0.5) is 0 Å². The standard InChI is InChI=1S/C8H18N4S/c1-3-12(4-2)6-8-13-7-5-10-11-9/h3-8H2,1-2H3. The second kappa shape index (κ2) is 9.71. The third kappa shape index (κ3) is 7.96. The fourth-order valence-corrected chi connectivity index (χ4v) is 1.79. The Morgan fingerprint density at radius 3 is 2.54 bits per heavy atom. The van der Waals surface area contributed by atoms with Crippen LogP contribution >= 0.6 is 11.8 Å². The van der Waals surface area contributed by atoms with Crippen molar-refractivity contribution in [2.45, 2.75) is 13.8 Å². The van der Waals surface area contributed by atoms with Crippen molar-refractivity contribution in [3.05, 3.63) is 10.4 Å². The van der Waals surface area contributed by atoms with Gasteiger partial charge in [0.05, 0.1) is 0 Å². The molecule has 0 aliphatic carbocycles. The molecule has 5 heteroatoms. The molecule has 0 spiro atoms. The van der Waals surface area contributed by atoms with E-state index in [-0.39, 0.29) is 0 Å². The molecule has 0 atom stereocenters. The Labute approximate surface area is 84.3 Å². The van der Waals surface area contributed by atoms with Gasteiger partial charge in [0.15, 0.2) is 0 Å². The molecule has 0 unspecified atom stereocenters. The largest absolute Gasteiger partial charge is 0.303 e. The highest BCUT2D eigenvalue weighted by Gasteiger charge is 1.97. The van der Waals surface area contributed by atoms with Gasteiger partial charge in [-0.25, -0.2) is 0 Å². The summed E-state index contributed by atoms with van der Waals surface area (Å²) in [6.45, 7) is 8.33. The zero-order valence-corrected chi connectivity index (χ0v) is 9.26. The number of hydrogen-bond donors (Lipinski definition) is 0. The van der Waals surface area contributed by atoms with Crippen molar-refractivity contribution in [2.24, 2.45) is 5.11 Å². The Bertz CT molecular complexity index is 152. The summed E-state index contributed by atoms with van der Waals surface area (Å²) in [6.07, 6.45) is 0. The van der Waals surface area contributed by atoms with Crippen LogP contribution < -0.4 is 0 Å². The van der Waals surface area contributed by atoms with Crippen LogP contribution in [0, 0.1) is 0 Å². The summed E-state index contributed by atoms with van der Waals surface area (Å²) in [5, 5.41) is 3.47. The van der Waals surface area contributed by atoms with E-state index in [1.54, 1.807) is 0 Å². The lowest BCUT2D eigenvalue weighted by atomic mass is 10.5. The van der Waals surface area contributed by atoms with Crippen molar-refractivity contribution in [3.8, 4) is 0 Å². The molecule has 0 aromatic rings. The minimum Gasteiger partial charge on any atom is -0.303 e. The quantitative estimate of drug-likeness (QED) is 0.262. The molecule has 0 fully saturated rings. The van der Waals surface area contributed by atoms with Gasteiger partial charge in [0.25, 0.3) is 0 Å². The van der Waals surface area contributed by atoms with Crippen molar-refractivity contribution >= 4 is 11.8 Å². The summed E-state index contributed by atoms with van der Waals surface area (Å²) < 4.78 is 0. The molecule has 0 aromatic heterocycles. The summed E-state index contributed by atoms with van der Waals surface area (Å²) in [5.41, 5.74) is 8.03. The van der Waals surface area contributed by atoms with E-state index in [4.69, 9.17) is 5.53 Å². The SMILES string of the molecule is CCN(CC)CCSCCN=[N+]=[N-]. The Morgan fingerprint density at radius 1 is 1.31 bits per heavy atom. The summed E-state index contributed by atoms with van der Waals surface area (Å²) in [7, 11) is 0. The van der Waals surface area contributed by atoms with E-state index >= 15 is 0 Å². The smallest absolute Gasteiger partial charge is 0.0348 e. The molecule has 0 radical (unpaired) electrons. The Kier molecular flexibility index (Phi) is 9.42. The van der Waals surface area contributed by atoms with E-state index in [9.17, 15) is 0 Å². The predicted molar refractivity (Wildman–Crippen MR) is 59.1 cm³/mol. The fraction of sp³-hybridized carbons (Fsp3) is 1.00. The Hall–Kier alpha value is -0.380. The van der Waals surface area contributed by atoms with Gasteiger partial charge in [-0.3, -0.25) is 0 Å². The second-order valence-electron chi connectivity index (χ2n) is 2.59. The number of thioether (sulfide) groups is 1. The summed E-state index contributed by atoms with van der Waals surface area (Å²) in [5.74, 6) is 2.06. The first kappa shape index (κ1) is 12.6. The predicted octanol–water partition coefficient (Wildman–Crippen LogP) is 2.37. The van der Waals surface area contributed by atoms with Gasteiger partial charge >= 0.3 is 0 Å². The number of hydrogen-bond acceptors (Lipinski definition) is 3. The van der Waals surface area contributed by atoms with E-state index in [1.165, 1.54) is 0 Å². The van der Waals surface area contributed by atoms with Crippen LogP contribution in [0.25, 0.3) is 10.4 Å². The minimum atomic E-state index is 0.611. The average molecular weight is 202 g/mol. The van der Waals surface area contributed by atoms with Gasteiger partial charge in [0.2, 0.25) is 0 Å². The lowest BCUT2D eigenvalue weighted by Crippen LogP contribution is -2.25. The van der Waals surface area contributed by atoms with Gasteiger partial charge in [-0.2, -0.15) is 11.8 Å². The topological polar surface area (TPSA) is 52.0 Å². The van der Waals surface area contributed by atoms with Gasteiger partial charge in [0, 0.05) is 23.8 Å². The lowest BCUT2D eigenvalue weighted by Gasteiger charge is -2.16. The summed E-state index contributed by atoms with van der Waals surface area (Å²) >= 11 is 1.85. The van der Waals surface area contributed by atoms with Crippen molar-refractivity contribution in [1.29, 1.82) is 0 Å². The molecule has 0 N–H and O–H groups in total. The first-order valence-electron chi connectivity index (χ1n) is 4.66. The number of rotatable bonds is 8. The van der Waals surface area contributed by atoms with E-state index in [1.807, 2.05) is 11.8 Å². The lowest BCUT2D eigenvalue weighted by molar-refractivity contribution is 0.324. The normalized spacial score (nSPS) is 10.1. The van der Waals surface area contributed by atoms with Gasteiger partial charge in [-0.05, 0) is 24.4 Å². The van der Waals surface area contributed by atoms with Crippen LogP contribution in [0.5, 0.6) is 0 Å². The number of nitrogens with zero attached hydrogens (tertiary/aromatic N) is 4. The fourth-order valence-electron chi connectivity index (χ4n) is 0.986. The van der Waals surface area contributed by atoms with Crippen molar-refractivity contribution < 1.29 is 0 Å². The molecule has 13 heavy (non-hydrogen) atoms. The zero-order chi connectivity index (χ0) is 9.94. The van der Waals surface area contributed by atoms with Crippen molar-refractivity contribution in [1.82, 2.24) is 4.90 Å². The van der Waals surface area contributed by atoms with Crippen molar-refractivity contribution in [3.63, 3.8) is 0 Å². The molecular formula is C8H18N4S. The Balaban J connectivity index is 3.18. The van der Waals surface area contributed by atoms with E-state index < -0.39 is 0 Å². The molecule has 0 heterocycles.